The van der Waals surface area contributed by atoms with E-state index in [9.17, 15) is 0 Å². The maximum absolute atomic E-state index is 7.33. The fourth-order valence-corrected chi connectivity index (χ4v) is 16.0. The lowest BCUT2D eigenvalue weighted by Crippen LogP contribution is -2.57. The third kappa shape index (κ3) is 7.52. The van der Waals surface area contributed by atoms with Crippen LogP contribution in [-0.2, 0) is 0 Å². The van der Waals surface area contributed by atoms with Crippen molar-refractivity contribution in [3.63, 3.8) is 0 Å². The van der Waals surface area contributed by atoms with Gasteiger partial charge >= 0.3 is 0 Å². The van der Waals surface area contributed by atoms with Crippen LogP contribution in [0.3, 0.4) is 0 Å². The first-order valence-electron chi connectivity index (χ1n) is 29.4. The number of rotatable bonds is 4. The van der Waals surface area contributed by atoms with Crippen molar-refractivity contribution in [1.29, 1.82) is 0 Å². The minimum Gasteiger partial charge on any atom is -0.457 e. The summed E-state index contributed by atoms with van der Waals surface area (Å²) in [6.07, 6.45) is 0. The predicted molar refractivity (Wildman–Crippen MR) is 453 cm³/mol. The maximum Gasteiger partial charge on any atom is 0.145 e. The number of benzene rings is 9. The summed E-state index contributed by atoms with van der Waals surface area (Å²) >= 11 is 0. The summed E-state index contributed by atoms with van der Waals surface area (Å²) in [5, 5.41) is 10.8. The molecule has 0 saturated heterocycles. The SMILES string of the molecule is Bc1c(B)c(B)c(-c2c(B)c(-c3c(B)c(B)c(B)c(B)c3B)c(B)c(-c3c4c(B)c(B)c(B)c(B)c4c(-c4c(B)c(B)c5oc6c(B)c7c(B)c(B)c(B)c(B)c7c(B)c6c5c4B)c4c(B)c(B)c(B)c(B)c34)c2B)c(B)c1B. The van der Waals surface area contributed by atoms with Crippen LogP contribution in [0.2, 0.25) is 0 Å². The molecule has 0 saturated carbocycles. The van der Waals surface area contributed by atoms with Crippen LogP contribution < -0.4 is 164 Å². The lowest BCUT2D eigenvalue weighted by Gasteiger charge is -2.33. The van der Waals surface area contributed by atoms with Gasteiger partial charge in [-0.1, -0.05) is 92.9 Å². The lowest BCUT2D eigenvalue weighted by molar-refractivity contribution is 0.675. The highest BCUT2D eigenvalue weighted by molar-refractivity contribution is 6.77. The van der Waals surface area contributed by atoms with Gasteiger partial charge in [-0.15, -0.1) is 65.6 Å². The van der Waals surface area contributed by atoms with Gasteiger partial charge in [-0.05, 0) is 82.3 Å². The second-order valence-electron chi connectivity index (χ2n) is 25.5. The van der Waals surface area contributed by atoms with Crippen molar-refractivity contribution >= 4 is 454 Å². The van der Waals surface area contributed by atoms with E-state index >= 15 is 0 Å². The minimum atomic E-state index is 1.02. The van der Waals surface area contributed by atoms with Gasteiger partial charge in [0.1, 0.15) is 247 Å². The molecule has 0 atom stereocenters. The first kappa shape index (κ1) is 57.7. The molecule has 31 heteroatoms. The Labute approximate surface area is 498 Å². The van der Waals surface area contributed by atoms with Crippen LogP contribution in [0.1, 0.15) is 0 Å². The van der Waals surface area contributed by atoms with Crippen LogP contribution in [0.4, 0.5) is 0 Å². The molecule has 0 aliphatic rings. The summed E-state index contributed by atoms with van der Waals surface area (Å²) in [7, 11) is 71.4. The highest BCUT2D eigenvalue weighted by atomic mass is 16.3. The second kappa shape index (κ2) is 19.6. The highest BCUT2D eigenvalue weighted by Gasteiger charge is 2.33. The zero-order valence-electron chi connectivity index (χ0n) is 54.4. The Hall–Kier alpha value is -4.49. The molecular weight excluding hydrogens is 917 g/mol. The average molecular weight is 977 g/mol. The molecule has 9 aromatic carbocycles. The van der Waals surface area contributed by atoms with Crippen molar-refractivity contribution in [2.45, 2.75) is 0 Å². The summed E-state index contributed by atoms with van der Waals surface area (Å²) in [6, 6.07) is 0. The molecule has 10 aromatic rings. The van der Waals surface area contributed by atoms with Gasteiger partial charge in [0.25, 0.3) is 0 Å². The molecule has 0 bridgehead atoms. The van der Waals surface area contributed by atoms with E-state index in [1.54, 1.807) is 0 Å². The quantitative estimate of drug-likeness (QED) is 0.127. The Morgan fingerprint density at radius 1 is 0.114 bits per heavy atom. The van der Waals surface area contributed by atoms with E-state index in [1.807, 2.05) is 0 Å². The van der Waals surface area contributed by atoms with Gasteiger partial charge in [0.2, 0.25) is 0 Å². The summed E-state index contributed by atoms with van der Waals surface area (Å²) in [4.78, 5) is 0. The van der Waals surface area contributed by atoms with Gasteiger partial charge in [-0.25, -0.2) is 0 Å². The smallest absolute Gasteiger partial charge is 0.145 e. The molecule has 0 aliphatic heterocycles. The van der Waals surface area contributed by atoms with E-state index in [0.717, 1.165) is 11.2 Å². The van der Waals surface area contributed by atoms with Crippen LogP contribution in [0.25, 0.3) is 98.8 Å². The third-order valence-corrected chi connectivity index (χ3v) is 22.7. The van der Waals surface area contributed by atoms with Crippen molar-refractivity contribution in [2.24, 2.45) is 0 Å². The molecule has 1 aromatic heterocycles. The van der Waals surface area contributed by atoms with Gasteiger partial charge in [-0.2, -0.15) is 0 Å². The van der Waals surface area contributed by atoms with Gasteiger partial charge < -0.3 is 4.42 Å². The summed E-state index contributed by atoms with van der Waals surface area (Å²) in [5.41, 5.74) is 54.0. The Kier molecular flexibility index (Phi) is 14.3. The van der Waals surface area contributed by atoms with E-state index < -0.39 is 0 Å². The largest absolute Gasteiger partial charge is 0.457 e. The molecule has 0 amide bonds. The molecule has 79 heavy (non-hydrogen) atoms. The fourth-order valence-electron chi connectivity index (χ4n) is 16.0. The molecular formula is C48H60B30O. The Morgan fingerprint density at radius 2 is 0.304 bits per heavy atom. The van der Waals surface area contributed by atoms with Crippen LogP contribution in [-0.4, -0.2) is 235 Å². The Bertz CT molecular complexity index is 4360. The highest BCUT2D eigenvalue weighted by Crippen LogP contribution is 2.41. The topological polar surface area (TPSA) is 13.1 Å². The van der Waals surface area contributed by atoms with Crippen molar-refractivity contribution in [2.75, 3.05) is 0 Å². The summed E-state index contributed by atoms with van der Waals surface area (Å²) in [5.74, 6) is 0. The van der Waals surface area contributed by atoms with Gasteiger partial charge in [0, 0.05) is 10.8 Å². The molecule has 0 spiro atoms. The average Bonchev–Trinajstić information content (AvgIpc) is 3.84. The molecule has 1 nitrogen and oxygen atoms in total. The normalized spacial score (nSPS) is 11.8. The first-order valence-corrected chi connectivity index (χ1v) is 29.4. The molecule has 1 heterocycles. The van der Waals surface area contributed by atoms with E-state index in [-0.39, 0.29) is 0 Å². The summed E-state index contributed by atoms with van der Waals surface area (Å²) in [6.45, 7) is 0. The molecule has 0 fully saturated rings. The first-order chi connectivity index (χ1) is 36.8. The molecule has 0 N–H and O–H groups in total. The Morgan fingerprint density at radius 3 is 0.620 bits per heavy atom. The van der Waals surface area contributed by atoms with Crippen molar-refractivity contribution < 1.29 is 4.42 Å². The van der Waals surface area contributed by atoms with E-state index in [1.165, 1.54) is 251 Å². The fraction of sp³-hybridized carbons (Fsp3) is 0. The van der Waals surface area contributed by atoms with Crippen molar-refractivity contribution in [3.05, 3.63) is 0 Å². The van der Waals surface area contributed by atoms with Crippen LogP contribution in [0.5, 0.6) is 0 Å². The van der Waals surface area contributed by atoms with E-state index in [0.29, 0.717) is 0 Å². The van der Waals surface area contributed by atoms with Gasteiger partial charge in [-0.3, -0.25) is 0 Å². The second-order valence-corrected chi connectivity index (χ2v) is 25.5. The molecule has 0 aliphatic carbocycles. The third-order valence-electron chi connectivity index (χ3n) is 22.7. The maximum atomic E-state index is 7.33. The van der Waals surface area contributed by atoms with Crippen LogP contribution >= 0.6 is 0 Å². The van der Waals surface area contributed by atoms with E-state index in [4.69, 9.17) is 4.42 Å². The monoisotopic (exact) mass is 983 g/mol. The number of hydrogen-bond donors (Lipinski definition) is 0. The molecule has 0 radical (unpaired) electrons. The zero-order valence-corrected chi connectivity index (χ0v) is 54.4. The van der Waals surface area contributed by atoms with Gasteiger partial charge in [0.05, 0.1) is 0 Å². The zero-order chi connectivity index (χ0) is 58.4. The lowest BCUT2D eigenvalue weighted by atomic mass is 9.54. The minimum absolute atomic E-state index is 1.02. The number of fused-ring (bicyclic) bond motifs is 6. The summed E-state index contributed by atoms with van der Waals surface area (Å²) < 4.78 is 7.33. The predicted octanol–water partition coefficient (Wildman–Crippen LogP) is -38.5. The molecule has 348 valence electrons. The standard InChI is InChI=1S/C48H60B30O/c49-17-7(18(50)10(13-29(61)42(74)45(77)43(75)30(13)62)19(51)9(17)12-27(59)40(72)44(76)41(73)28(12)60)1-3-5(24(56)36(68)34(66)22(3)54)2(6-4(1)23(55)35(67)37(69)25(6)57)8-20(52)16-15-21(53)11-14(31(63)39(71)38(70)26(11)58)33(65)47(15)79-48(16)46(78)32(8)64/h49-78H2. The molecule has 0 unspecified atom stereocenters. The van der Waals surface area contributed by atoms with Crippen molar-refractivity contribution in [1.82, 2.24) is 0 Å². The van der Waals surface area contributed by atoms with Gasteiger partial charge in [0.15, 0.2) is 0 Å². The van der Waals surface area contributed by atoms with Crippen LogP contribution in [0.15, 0.2) is 4.42 Å². The van der Waals surface area contributed by atoms with E-state index in [2.05, 4.69) is 235 Å². The Balaban J connectivity index is 1.54. The number of furan rings is 1. The van der Waals surface area contributed by atoms with Crippen LogP contribution in [0, 0.1) is 0 Å². The van der Waals surface area contributed by atoms with Crippen molar-refractivity contribution in [3.8, 4) is 44.5 Å². The number of hydrogen-bond acceptors (Lipinski definition) is 1. The molecule has 10 rings (SSSR count).